The molecule has 0 unspecified atom stereocenters. The van der Waals surface area contributed by atoms with Gasteiger partial charge in [0.25, 0.3) is 5.91 Å². The van der Waals surface area contributed by atoms with Crippen molar-refractivity contribution in [2.45, 2.75) is 19.8 Å². The third kappa shape index (κ3) is 3.60. The van der Waals surface area contributed by atoms with Gasteiger partial charge in [-0.05, 0) is 48.4 Å². The van der Waals surface area contributed by atoms with Crippen molar-refractivity contribution in [3.05, 3.63) is 53.6 Å². The quantitative estimate of drug-likeness (QED) is 0.887. The van der Waals surface area contributed by atoms with Gasteiger partial charge < -0.3 is 19.9 Å². The van der Waals surface area contributed by atoms with Crippen molar-refractivity contribution in [2.24, 2.45) is 0 Å². The van der Waals surface area contributed by atoms with Crippen molar-refractivity contribution in [1.82, 2.24) is 0 Å². The summed E-state index contributed by atoms with van der Waals surface area (Å²) in [4.78, 5) is 29.0. The molecule has 0 radical (unpaired) electrons. The number of rotatable bonds is 4. The van der Waals surface area contributed by atoms with Crippen LogP contribution in [0.1, 0.15) is 29.3 Å². The first-order valence-electron chi connectivity index (χ1n) is 9.83. The number of benzene rings is 2. The summed E-state index contributed by atoms with van der Waals surface area (Å²) in [5.74, 6) is -0.0446. The van der Waals surface area contributed by atoms with E-state index in [0.717, 1.165) is 48.9 Å². The number of amides is 2. The Morgan fingerprint density at radius 1 is 1.04 bits per heavy atom. The highest BCUT2D eigenvalue weighted by molar-refractivity contribution is 6.07. The molecular weight excluding hydrogens is 354 g/mol. The second-order valence-corrected chi connectivity index (χ2v) is 7.05. The van der Waals surface area contributed by atoms with Crippen molar-refractivity contribution in [3.8, 4) is 0 Å². The van der Waals surface area contributed by atoms with E-state index in [-0.39, 0.29) is 11.8 Å². The molecule has 28 heavy (non-hydrogen) atoms. The van der Waals surface area contributed by atoms with Crippen LogP contribution in [0.25, 0.3) is 0 Å². The third-order valence-corrected chi connectivity index (χ3v) is 5.38. The molecule has 2 amide bonds. The monoisotopic (exact) mass is 379 g/mol. The van der Waals surface area contributed by atoms with Crippen LogP contribution >= 0.6 is 0 Å². The van der Waals surface area contributed by atoms with Crippen molar-refractivity contribution in [1.29, 1.82) is 0 Å². The minimum Gasteiger partial charge on any atom is -0.378 e. The van der Waals surface area contributed by atoms with E-state index < -0.39 is 0 Å². The minimum atomic E-state index is -0.137. The van der Waals surface area contributed by atoms with E-state index in [1.807, 2.05) is 49.4 Å². The van der Waals surface area contributed by atoms with E-state index in [9.17, 15) is 9.59 Å². The smallest absolute Gasteiger partial charge is 0.256 e. The maximum atomic E-state index is 12.9. The van der Waals surface area contributed by atoms with E-state index in [4.69, 9.17) is 4.74 Å². The second kappa shape index (κ2) is 8.02. The van der Waals surface area contributed by atoms with Gasteiger partial charge in [0.05, 0.1) is 13.2 Å². The second-order valence-electron chi connectivity index (χ2n) is 7.05. The summed E-state index contributed by atoms with van der Waals surface area (Å²) in [6.45, 7) is 5.76. The van der Waals surface area contributed by atoms with Crippen LogP contribution in [0.15, 0.2) is 42.5 Å². The molecule has 1 saturated heterocycles. The molecule has 0 atom stereocenters. The lowest BCUT2D eigenvalue weighted by atomic mass is 10.0. The maximum Gasteiger partial charge on any atom is 0.256 e. The Hall–Kier alpha value is -2.86. The van der Waals surface area contributed by atoms with Crippen molar-refractivity contribution in [3.63, 3.8) is 0 Å². The fraction of sp³-hybridized carbons (Fsp3) is 0.364. The first kappa shape index (κ1) is 18.5. The first-order valence-corrected chi connectivity index (χ1v) is 9.83. The summed E-state index contributed by atoms with van der Waals surface area (Å²) in [7, 11) is 0. The van der Waals surface area contributed by atoms with Gasteiger partial charge in [0, 0.05) is 48.7 Å². The Balaban J connectivity index is 1.49. The Morgan fingerprint density at radius 2 is 1.79 bits per heavy atom. The Morgan fingerprint density at radius 3 is 2.50 bits per heavy atom. The summed E-state index contributed by atoms with van der Waals surface area (Å²) in [5.41, 5.74) is 4.35. The van der Waals surface area contributed by atoms with E-state index in [0.29, 0.717) is 24.9 Å². The molecule has 4 rings (SSSR count). The van der Waals surface area contributed by atoms with Gasteiger partial charge in [-0.15, -0.1) is 0 Å². The van der Waals surface area contributed by atoms with Gasteiger partial charge in [-0.1, -0.05) is 13.0 Å². The highest BCUT2D eigenvalue weighted by Crippen LogP contribution is 2.31. The number of carbonyl (C=O) groups is 2. The van der Waals surface area contributed by atoms with Gasteiger partial charge in [-0.2, -0.15) is 0 Å². The van der Waals surface area contributed by atoms with Crippen LogP contribution in [0.3, 0.4) is 0 Å². The summed E-state index contributed by atoms with van der Waals surface area (Å²) < 4.78 is 5.39. The molecule has 6 heteroatoms. The number of carbonyl (C=O) groups excluding carboxylic acids is 2. The topological polar surface area (TPSA) is 61.9 Å². The normalized spacial score (nSPS) is 16.0. The van der Waals surface area contributed by atoms with Crippen LogP contribution < -0.4 is 15.1 Å². The summed E-state index contributed by atoms with van der Waals surface area (Å²) in [5, 5.41) is 2.99. The molecule has 2 aromatic rings. The first-order chi connectivity index (χ1) is 13.7. The molecule has 1 fully saturated rings. The molecule has 6 nitrogen and oxygen atoms in total. The molecule has 0 saturated carbocycles. The molecule has 2 heterocycles. The van der Waals surface area contributed by atoms with Gasteiger partial charge in [0.1, 0.15) is 0 Å². The maximum absolute atomic E-state index is 12.9. The molecular formula is C22H25N3O3. The number of nitrogens with zero attached hydrogens (tertiary/aromatic N) is 2. The lowest BCUT2D eigenvalue weighted by Crippen LogP contribution is -2.36. The summed E-state index contributed by atoms with van der Waals surface area (Å²) >= 11 is 0. The molecule has 0 aromatic heterocycles. The number of ether oxygens (including phenoxy) is 1. The number of anilines is 3. The third-order valence-electron chi connectivity index (χ3n) is 5.38. The average Bonchev–Trinajstić information content (AvgIpc) is 3.18. The van der Waals surface area contributed by atoms with Crippen LogP contribution in [-0.2, 0) is 16.0 Å². The van der Waals surface area contributed by atoms with Crippen LogP contribution in [0.4, 0.5) is 17.1 Å². The van der Waals surface area contributed by atoms with Crippen molar-refractivity contribution in [2.75, 3.05) is 48.0 Å². The van der Waals surface area contributed by atoms with Gasteiger partial charge in [-0.3, -0.25) is 9.59 Å². The van der Waals surface area contributed by atoms with E-state index in [1.54, 1.807) is 4.90 Å². The van der Waals surface area contributed by atoms with Crippen LogP contribution in [0.2, 0.25) is 0 Å². The highest BCUT2D eigenvalue weighted by atomic mass is 16.5. The highest BCUT2D eigenvalue weighted by Gasteiger charge is 2.27. The van der Waals surface area contributed by atoms with Gasteiger partial charge in [0.15, 0.2) is 0 Å². The molecule has 1 N–H and O–H groups in total. The molecule has 2 aliphatic rings. The Bertz CT molecular complexity index is 873. The average molecular weight is 379 g/mol. The van der Waals surface area contributed by atoms with Gasteiger partial charge in [-0.25, -0.2) is 0 Å². The number of hydrogen-bond donors (Lipinski definition) is 1. The predicted molar refractivity (Wildman–Crippen MR) is 110 cm³/mol. The zero-order chi connectivity index (χ0) is 19.5. The SMILES string of the molecule is CCC(=O)N1CCc2c(C(=O)Nc3ccc(N4CCOCC4)cc3)cccc21. The van der Waals surface area contributed by atoms with Crippen molar-refractivity contribution < 1.29 is 14.3 Å². The lowest BCUT2D eigenvalue weighted by Gasteiger charge is -2.28. The predicted octanol–water partition coefficient (Wildman–Crippen LogP) is 3.07. The van der Waals surface area contributed by atoms with Gasteiger partial charge in [0.2, 0.25) is 5.91 Å². The number of hydrogen-bond acceptors (Lipinski definition) is 4. The van der Waals surface area contributed by atoms with E-state index >= 15 is 0 Å². The van der Waals surface area contributed by atoms with Crippen molar-refractivity contribution >= 4 is 28.9 Å². The summed E-state index contributed by atoms with van der Waals surface area (Å²) in [6, 6.07) is 13.5. The lowest BCUT2D eigenvalue weighted by molar-refractivity contribution is -0.118. The zero-order valence-electron chi connectivity index (χ0n) is 16.1. The van der Waals surface area contributed by atoms with Crippen LogP contribution in [0, 0.1) is 0 Å². The fourth-order valence-corrected chi connectivity index (χ4v) is 3.87. The van der Waals surface area contributed by atoms with E-state index in [1.165, 1.54) is 0 Å². The Labute approximate surface area is 165 Å². The number of fused-ring (bicyclic) bond motifs is 1. The molecule has 2 aliphatic heterocycles. The zero-order valence-corrected chi connectivity index (χ0v) is 16.1. The van der Waals surface area contributed by atoms with Crippen LogP contribution in [0.5, 0.6) is 0 Å². The molecule has 0 spiro atoms. The standard InChI is InChI=1S/C22H25N3O3/c1-2-21(26)25-11-10-18-19(4-3-5-20(18)25)22(27)23-16-6-8-17(9-7-16)24-12-14-28-15-13-24/h3-9H,2,10-15H2,1H3,(H,23,27). The number of nitrogens with one attached hydrogen (secondary N) is 1. The molecule has 146 valence electrons. The molecule has 0 bridgehead atoms. The van der Waals surface area contributed by atoms with Crippen LogP contribution in [-0.4, -0.2) is 44.7 Å². The fourth-order valence-electron chi connectivity index (χ4n) is 3.87. The molecule has 0 aliphatic carbocycles. The Kier molecular flexibility index (Phi) is 5.30. The number of morpholine rings is 1. The summed E-state index contributed by atoms with van der Waals surface area (Å²) in [6.07, 6.45) is 1.17. The largest absolute Gasteiger partial charge is 0.378 e. The molecule has 2 aromatic carbocycles. The van der Waals surface area contributed by atoms with E-state index in [2.05, 4.69) is 10.2 Å². The van der Waals surface area contributed by atoms with Gasteiger partial charge >= 0.3 is 0 Å². The minimum absolute atomic E-state index is 0.0926.